The Morgan fingerprint density at radius 3 is 2.68 bits per heavy atom. The zero-order chi connectivity index (χ0) is 23.2. The highest BCUT2D eigenvalue weighted by Gasteiger charge is 2.36. The van der Waals surface area contributed by atoms with Gasteiger partial charge in [-0.2, -0.15) is 0 Å². The maximum Gasteiger partial charge on any atom is 0.240 e. The number of fused-ring (bicyclic) bond motifs is 2. The average molecular weight is 473 g/mol. The van der Waals surface area contributed by atoms with Crippen LogP contribution < -0.4 is 10.2 Å². The smallest absolute Gasteiger partial charge is 0.240 e. The van der Waals surface area contributed by atoms with Gasteiger partial charge in [-0.15, -0.1) is 11.3 Å². The van der Waals surface area contributed by atoms with E-state index in [0.29, 0.717) is 11.7 Å². The topological polar surface area (TPSA) is 65.5 Å². The van der Waals surface area contributed by atoms with E-state index < -0.39 is 0 Å². The summed E-state index contributed by atoms with van der Waals surface area (Å²) >= 11 is 1.51. The van der Waals surface area contributed by atoms with Gasteiger partial charge in [0.15, 0.2) is 5.13 Å². The van der Waals surface area contributed by atoms with Gasteiger partial charge in [0.25, 0.3) is 0 Å². The number of hydrogen-bond acceptors (Lipinski definition) is 5. The highest BCUT2D eigenvalue weighted by Crippen LogP contribution is 2.39. The molecule has 2 aliphatic heterocycles. The molecule has 3 aromatic rings. The molecule has 2 amide bonds. The number of rotatable bonds is 5. The van der Waals surface area contributed by atoms with Gasteiger partial charge in [0.1, 0.15) is 0 Å². The Kier molecular flexibility index (Phi) is 5.46. The fourth-order valence-electron chi connectivity index (χ4n) is 5.10. The number of carbonyl (C=O) groups is 2. The molecule has 6 nitrogen and oxygen atoms in total. The molecular weight excluding hydrogens is 444 g/mol. The second-order valence-electron chi connectivity index (χ2n) is 9.56. The number of aromatic nitrogens is 1. The summed E-state index contributed by atoms with van der Waals surface area (Å²) in [6.07, 6.45) is 3.92. The molecule has 1 aromatic heterocycles. The Bertz CT molecular complexity index is 1280. The summed E-state index contributed by atoms with van der Waals surface area (Å²) in [7, 11) is 0. The van der Waals surface area contributed by atoms with Gasteiger partial charge in [0.05, 0.1) is 12.2 Å². The van der Waals surface area contributed by atoms with Crippen LogP contribution in [0.25, 0.3) is 11.3 Å². The van der Waals surface area contributed by atoms with Crippen molar-refractivity contribution in [1.82, 2.24) is 9.88 Å². The number of nitrogens with zero attached hydrogens (tertiary/aromatic N) is 3. The van der Waals surface area contributed by atoms with Crippen LogP contribution in [-0.2, 0) is 29.0 Å². The Morgan fingerprint density at radius 1 is 1.06 bits per heavy atom. The van der Waals surface area contributed by atoms with Crippen molar-refractivity contribution in [2.45, 2.75) is 39.2 Å². The first kappa shape index (κ1) is 21.5. The summed E-state index contributed by atoms with van der Waals surface area (Å²) in [6.45, 7) is 4.88. The van der Waals surface area contributed by atoms with Gasteiger partial charge in [-0.25, -0.2) is 4.98 Å². The van der Waals surface area contributed by atoms with Gasteiger partial charge < -0.3 is 10.2 Å². The number of thiazole rings is 1. The van der Waals surface area contributed by atoms with Crippen molar-refractivity contribution in [2.24, 2.45) is 5.92 Å². The third kappa shape index (κ3) is 4.14. The van der Waals surface area contributed by atoms with E-state index in [2.05, 4.69) is 52.7 Å². The Balaban J connectivity index is 1.13. The van der Waals surface area contributed by atoms with Crippen molar-refractivity contribution in [3.63, 3.8) is 0 Å². The van der Waals surface area contributed by atoms with E-state index in [4.69, 9.17) is 4.98 Å². The van der Waals surface area contributed by atoms with E-state index >= 15 is 0 Å². The molecule has 1 fully saturated rings. The fraction of sp³-hybridized carbons (Fsp3) is 0.370. The van der Waals surface area contributed by atoms with E-state index in [9.17, 15) is 9.59 Å². The van der Waals surface area contributed by atoms with Crippen LogP contribution in [0.3, 0.4) is 0 Å². The molecule has 0 unspecified atom stereocenters. The number of hydrogen-bond donors (Lipinski definition) is 1. The van der Waals surface area contributed by atoms with Gasteiger partial charge >= 0.3 is 0 Å². The highest BCUT2D eigenvalue weighted by atomic mass is 32.1. The molecule has 3 heterocycles. The standard InChI is InChI=1S/C27H28N4O2S/c1-17-25(21-8-9-23-20(14-21)11-13-31(23)26(33)19-6-7-19)29-27(34-17)28-24(32)16-30-12-10-18-4-2-3-5-22(18)15-30/h2-5,8-9,14,19H,6-7,10-13,15-16H2,1H3,(H,28,29,32). The van der Waals surface area contributed by atoms with E-state index in [1.807, 2.05) is 11.8 Å². The van der Waals surface area contributed by atoms with E-state index in [-0.39, 0.29) is 17.7 Å². The van der Waals surface area contributed by atoms with Crippen molar-refractivity contribution >= 4 is 34.0 Å². The first-order chi connectivity index (χ1) is 16.5. The predicted octanol–water partition coefficient (Wildman–Crippen LogP) is 4.41. The molecule has 0 bridgehead atoms. The monoisotopic (exact) mass is 472 g/mol. The first-order valence-electron chi connectivity index (χ1n) is 12.1. The lowest BCUT2D eigenvalue weighted by atomic mass is 10.00. The summed E-state index contributed by atoms with van der Waals surface area (Å²) < 4.78 is 0. The van der Waals surface area contributed by atoms with Crippen molar-refractivity contribution in [3.05, 3.63) is 64.0 Å². The van der Waals surface area contributed by atoms with Crippen molar-refractivity contribution in [3.8, 4) is 11.3 Å². The normalized spacial score (nSPS) is 17.4. The minimum absolute atomic E-state index is 0.0251. The van der Waals surface area contributed by atoms with Crippen LogP contribution in [0, 0.1) is 12.8 Å². The van der Waals surface area contributed by atoms with E-state index in [1.165, 1.54) is 28.0 Å². The van der Waals surface area contributed by atoms with Crippen LogP contribution >= 0.6 is 11.3 Å². The van der Waals surface area contributed by atoms with Crippen LogP contribution in [0.5, 0.6) is 0 Å². The second-order valence-corrected chi connectivity index (χ2v) is 10.8. The molecule has 6 rings (SSSR count). The highest BCUT2D eigenvalue weighted by molar-refractivity contribution is 7.16. The Hall–Kier alpha value is -3.03. The maximum atomic E-state index is 12.7. The fourth-order valence-corrected chi connectivity index (χ4v) is 5.95. The van der Waals surface area contributed by atoms with E-state index in [1.54, 1.807) is 0 Å². The molecule has 0 atom stereocenters. The van der Waals surface area contributed by atoms with Crippen LogP contribution in [0.15, 0.2) is 42.5 Å². The van der Waals surface area contributed by atoms with Crippen LogP contribution in [0.2, 0.25) is 0 Å². The number of nitrogens with one attached hydrogen (secondary N) is 1. The molecule has 2 aromatic carbocycles. The minimum Gasteiger partial charge on any atom is -0.312 e. The zero-order valence-electron chi connectivity index (χ0n) is 19.3. The quantitative estimate of drug-likeness (QED) is 0.597. The average Bonchev–Trinajstić information content (AvgIpc) is 3.51. The molecule has 1 saturated carbocycles. The van der Waals surface area contributed by atoms with Gasteiger partial charge in [-0.1, -0.05) is 30.3 Å². The molecule has 0 saturated heterocycles. The van der Waals surface area contributed by atoms with Crippen LogP contribution in [0.1, 0.15) is 34.4 Å². The number of benzene rings is 2. The summed E-state index contributed by atoms with van der Waals surface area (Å²) in [6, 6.07) is 14.7. The van der Waals surface area contributed by atoms with Gasteiger partial charge in [0, 0.05) is 41.7 Å². The van der Waals surface area contributed by atoms with Crippen molar-refractivity contribution < 1.29 is 9.59 Å². The SMILES string of the molecule is Cc1sc(NC(=O)CN2CCc3ccccc3C2)nc1-c1ccc2c(c1)CCN2C(=O)C1CC1. The van der Waals surface area contributed by atoms with Crippen molar-refractivity contribution in [2.75, 3.05) is 29.9 Å². The van der Waals surface area contributed by atoms with Crippen LogP contribution in [0.4, 0.5) is 10.8 Å². The number of anilines is 2. The van der Waals surface area contributed by atoms with Gasteiger partial charge in [-0.3, -0.25) is 14.5 Å². The molecule has 34 heavy (non-hydrogen) atoms. The zero-order valence-corrected chi connectivity index (χ0v) is 20.2. The predicted molar refractivity (Wildman–Crippen MR) is 135 cm³/mol. The number of aryl methyl sites for hydroxylation is 1. The van der Waals surface area contributed by atoms with Crippen molar-refractivity contribution in [1.29, 1.82) is 0 Å². The minimum atomic E-state index is -0.0251. The third-order valence-corrected chi connectivity index (χ3v) is 7.95. The Labute approximate surface area is 203 Å². The Morgan fingerprint density at radius 2 is 1.85 bits per heavy atom. The summed E-state index contributed by atoms with van der Waals surface area (Å²) in [5.74, 6) is 0.485. The first-order valence-corrected chi connectivity index (χ1v) is 12.9. The maximum absolute atomic E-state index is 12.7. The molecule has 0 spiro atoms. The largest absolute Gasteiger partial charge is 0.312 e. The third-order valence-electron chi connectivity index (χ3n) is 7.06. The molecule has 1 aliphatic carbocycles. The lowest BCUT2D eigenvalue weighted by Gasteiger charge is -2.27. The lowest BCUT2D eigenvalue weighted by molar-refractivity contribution is -0.119. The molecule has 1 N–H and O–H groups in total. The number of amides is 2. The summed E-state index contributed by atoms with van der Waals surface area (Å²) in [5.41, 5.74) is 6.89. The molecular formula is C27H28N4O2S. The molecule has 3 aliphatic rings. The number of carbonyl (C=O) groups excluding carboxylic acids is 2. The van der Waals surface area contributed by atoms with Gasteiger partial charge in [0.2, 0.25) is 11.8 Å². The van der Waals surface area contributed by atoms with Gasteiger partial charge in [-0.05, 0) is 61.4 Å². The lowest BCUT2D eigenvalue weighted by Crippen LogP contribution is -2.37. The summed E-state index contributed by atoms with van der Waals surface area (Å²) in [5, 5.41) is 3.65. The summed E-state index contributed by atoms with van der Waals surface area (Å²) in [4.78, 5) is 35.3. The molecule has 0 radical (unpaired) electrons. The second kappa shape index (κ2) is 8.64. The van der Waals surface area contributed by atoms with Crippen LogP contribution in [-0.4, -0.2) is 41.3 Å². The molecule has 7 heteroatoms. The van der Waals surface area contributed by atoms with E-state index in [0.717, 1.165) is 67.1 Å². The molecule has 174 valence electrons.